The van der Waals surface area contributed by atoms with E-state index in [0.29, 0.717) is 16.7 Å². The molecule has 136 valence electrons. The second-order valence-corrected chi connectivity index (χ2v) is 7.93. The number of hydrogen-bond donors (Lipinski definition) is 0. The van der Waals surface area contributed by atoms with Gasteiger partial charge in [-0.05, 0) is 51.1 Å². The fourth-order valence-corrected chi connectivity index (χ4v) is 4.44. The molecule has 0 radical (unpaired) electrons. The molecular weight excluding hydrogens is 387 g/mol. The lowest BCUT2D eigenvalue weighted by Crippen LogP contribution is -2.01. The fourth-order valence-electron chi connectivity index (χ4n) is 2.58. The second kappa shape index (κ2) is 8.38. The summed E-state index contributed by atoms with van der Waals surface area (Å²) in [6.07, 6.45) is 0. The molecule has 0 aliphatic heterocycles. The Morgan fingerprint density at radius 1 is 1.04 bits per heavy atom. The number of rotatable bonds is 6. The minimum absolute atomic E-state index is 0.464. The molecule has 0 amide bonds. The fraction of sp³-hybridized carbons (Fsp3) is 0.250. The zero-order valence-corrected chi connectivity index (χ0v) is 17.3. The van der Waals surface area contributed by atoms with E-state index in [0.717, 1.165) is 33.5 Å². The van der Waals surface area contributed by atoms with Crippen molar-refractivity contribution < 1.29 is 4.74 Å². The summed E-state index contributed by atoms with van der Waals surface area (Å²) >= 11 is 13.9. The van der Waals surface area contributed by atoms with Gasteiger partial charge in [0.1, 0.15) is 17.4 Å². The minimum Gasteiger partial charge on any atom is -0.489 e. The molecule has 0 fully saturated rings. The molecule has 0 saturated heterocycles. The van der Waals surface area contributed by atoms with Crippen LogP contribution in [0.2, 0.25) is 10.0 Å². The normalized spacial score (nSPS) is 11.0. The van der Waals surface area contributed by atoms with Crippen molar-refractivity contribution in [2.45, 2.75) is 43.8 Å². The van der Waals surface area contributed by atoms with Gasteiger partial charge in [0.05, 0.1) is 5.69 Å². The molecule has 3 rings (SSSR count). The largest absolute Gasteiger partial charge is 0.489 e. The molecule has 0 bridgehead atoms. The molecule has 0 spiro atoms. The van der Waals surface area contributed by atoms with Crippen molar-refractivity contribution in [3.8, 4) is 5.75 Å². The SMILES string of the molecule is CCn1nc(C)c(COc2ccc(C)cc2)c1Sc1cc(Cl)cc(Cl)c1. The van der Waals surface area contributed by atoms with Crippen LogP contribution in [0.15, 0.2) is 52.4 Å². The highest BCUT2D eigenvalue weighted by Gasteiger charge is 2.17. The monoisotopic (exact) mass is 406 g/mol. The van der Waals surface area contributed by atoms with Crippen LogP contribution in [0.3, 0.4) is 0 Å². The van der Waals surface area contributed by atoms with E-state index in [1.54, 1.807) is 17.8 Å². The van der Waals surface area contributed by atoms with Gasteiger partial charge in [-0.2, -0.15) is 5.10 Å². The molecule has 0 aliphatic rings. The van der Waals surface area contributed by atoms with Crippen LogP contribution >= 0.6 is 35.0 Å². The van der Waals surface area contributed by atoms with E-state index in [4.69, 9.17) is 27.9 Å². The van der Waals surface area contributed by atoms with Crippen molar-refractivity contribution in [1.82, 2.24) is 9.78 Å². The highest BCUT2D eigenvalue weighted by atomic mass is 35.5. The Morgan fingerprint density at radius 3 is 2.31 bits per heavy atom. The van der Waals surface area contributed by atoms with Gasteiger partial charge < -0.3 is 4.74 Å². The number of halogens is 2. The van der Waals surface area contributed by atoms with Crippen LogP contribution in [-0.2, 0) is 13.2 Å². The Bertz CT molecular complexity index is 887. The summed E-state index contributed by atoms with van der Waals surface area (Å²) in [6, 6.07) is 13.6. The second-order valence-electron chi connectivity index (χ2n) is 5.99. The molecule has 1 aromatic heterocycles. The molecular formula is C20H20Cl2N2OS. The van der Waals surface area contributed by atoms with E-state index in [1.807, 2.05) is 48.0 Å². The summed E-state index contributed by atoms with van der Waals surface area (Å²) in [5.41, 5.74) is 3.25. The molecule has 0 N–H and O–H groups in total. The lowest BCUT2D eigenvalue weighted by Gasteiger charge is -2.10. The van der Waals surface area contributed by atoms with Gasteiger partial charge in [0.2, 0.25) is 0 Å². The maximum atomic E-state index is 6.14. The maximum Gasteiger partial charge on any atom is 0.119 e. The van der Waals surface area contributed by atoms with Gasteiger partial charge in [-0.25, -0.2) is 0 Å². The van der Waals surface area contributed by atoms with Gasteiger partial charge >= 0.3 is 0 Å². The highest BCUT2D eigenvalue weighted by Crippen LogP contribution is 2.35. The predicted octanol–water partition coefficient (Wildman–Crippen LogP) is 6.56. The molecule has 6 heteroatoms. The first-order valence-corrected chi connectivity index (χ1v) is 9.93. The van der Waals surface area contributed by atoms with Crippen molar-refractivity contribution in [2.75, 3.05) is 0 Å². The van der Waals surface area contributed by atoms with Crippen LogP contribution in [0, 0.1) is 13.8 Å². The van der Waals surface area contributed by atoms with Crippen molar-refractivity contribution in [1.29, 1.82) is 0 Å². The Labute approximate surface area is 168 Å². The van der Waals surface area contributed by atoms with E-state index < -0.39 is 0 Å². The van der Waals surface area contributed by atoms with E-state index in [1.165, 1.54) is 5.56 Å². The summed E-state index contributed by atoms with van der Waals surface area (Å²) < 4.78 is 7.98. The number of hydrogen-bond acceptors (Lipinski definition) is 3. The van der Waals surface area contributed by atoms with Gasteiger partial charge in [-0.1, -0.05) is 52.7 Å². The number of nitrogens with zero attached hydrogens (tertiary/aromatic N) is 2. The summed E-state index contributed by atoms with van der Waals surface area (Å²) in [7, 11) is 0. The summed E-state index contributed by atoms with van der Waals surface area (Å²) in [4.78, 5) is 0.980. The Kier molecular flexibility index (Phi) is 6.17. The third-order valence-corrected chi connectivity index (χ3v) is 5.51. The van der Waals surface area contributed by atoms with Crippen LogP contribution in [0.5, 0.6) is 5.75 Å². The van der Waals surface area contributed by atoms with Crippen molar-refractivity contribution in [2.24, 2.45) is 0 Å². The number of aromatic nitrogens is 2. The summed E-state index contributed by atoms with van der Waals surface area (Å²) in [5, 5.41) is 6.94. The van der Waals surface area contributed by atoms with E-state index in [-0.39, 0.29) is 0 Å². The topological polar surface area (TPSA) is 27.1 Å². The van der Waals surface area contributed by atoms with Gasteiger partial charge in [0.15, 0.2) is 0 Å². The third kappa shape index (κ3) is 4.56. The quantitative estimate of drug-likeness (QED) is 0.463. The van der Waals surface area contributed by atoms with E-state index in [9.17, 15) is 0 Å². The molecule has 0 aliphatic carbocycles. The lowest BCUT2D eigenvalue weighted by molar-refractivity contribution is 0.301. The van der Waals surface area contributed by atoms with Crippen LogP contribution in [0.1, 0.15) is 23.7 Å². The molecule has 3 nitrogen and oxygen atoms in total. The molecule has 3 aromatic rings. The Balaban J connectivity index is 1.87. The molecule has 0 saturated carbocycles. The Morgan fingerprint density at radius 2 is 1.69 bits per heavy atom. The zero-order chi connectivity index (χ0) is 18.7. The van der Waals surface area contributed by atoms with Gasteiger partial charge in [-0.3, -0.25) is 4.68 Å². The number of benzene rings is 2. The van der Waals surface area contributed by atoms with Crippen LogP contribution in [0.25, 0.3) is 0 Å². The van der Waals surface area contributed by atoms with Crippen LogP contribution < -0.4 is 4.74 Å². The average molecular weight is 407 g/mol. The molecule has 26 heavy (non-hydrogen) atoms. The standard InChI is InChI=1S/C20H20Cl2N2OS/c1-4-24-20(26-18-10-15(21)9-16(22)11-18)19(14(3)23-24)12-25-17-7-5-13(2)6-8-17/h5-11H,4,12H2,1-3H3. The first kappa shape index (κ1) is 19.2. The van der Waals surface area contributed by atoms with Gasteiger partial charge in [0, 0.05) is 27.0 Å². The van der Waals surface area contributed by atoms with Crippen LogP contribution in [-0.4, -0.2) is 9.78 Å². The average Bonchev–Trinajstić information content (AvgIpc) is 2.88. The van der Waals surface area contributed by atoms with E-state index >= 15 is 0 Å². The lowest BCUT2D eigenvalue weighted by atomic mass is 10.2. The zero-order valence-electron chi connectivity index (χ0n) is 14.9. The maximum absolute atomic E-state index is 6.14. The molecule has 2 aromatic carbocycles. The molecule has 0 unspecified atom stereocenters. The molecule has 1 heterocycles. The van der Waals surface area contributed by atoms with Gasteiger partial charge in [-0.15, -0.1) is 0 Å². The first-order chi connectivity index (χ1) is 12.5. The predicted molar refractivity (Wildman–Crippen MR) is 109 cm³/mol. The van der Waals surface area contributed by atoms with Crippen molar-refractivity contribution in [3.05, 3.63) is 69.3 Å². The van der Waals surface area contributed by atoms with Gasteiger partial charge in [0.25, 0.3) is 0 Å². The number of aryl methyl sites for hydroxylation is 3. The highest BCUT2D eigenvalue weighted by molar-refractivity contribution is 7.99. The minimum atomic E-state index is 0.464. The van der Waals surface area contributed by atoms with Crippen molar-refractivity contribution >= 4 is 35.0 Å². The number of ether oxygens (including phenoxy) is 1. The van der Waals surface area contributed by atoms with Crippen molar-refractivity contribution in [3.63, 3.8) is 0 Å². The third-order valence-electron chi connectivity index (χ3n) is 3.95. The smallest absolute Gasteiger partial charge is 0.119 e. The first-order valence-electron chi connectivity index (χ1n) is 8.36. The summed E-state index contributed by atoms with van der Waals surface area (Å²) in [6.45, 7) is 7.39. The van der Waals surface area contributed by atoms with Crippen LogP contribution in [0.4, 0.5) is 0 Å². The van der Waals surface area contributed by atoms with E-state index in [2.05, 4.69) is 18.9 Å². The Hall–Kier alpha value is -1.62. The summed E-state index contributed by atoms with van der Waals surface area (Å²) in [5.74, 6) is 0.848. The molecule has 0 atom stereocenters.